The number of rotatable bonds is 6. The summed E-state index contributed by atoms with van der Waals surface area (Å²) in [5.41, 5.74) is 1.03. The van der Waals surface area contributed by atoms with Gasteiger partial charge in [-0.3, -0.25) is 20.2 Å². The van der Waals surface area contributed by atoms with Gasteiger partial charge in [-0.1, -0.05) is 24.3 Å². The van der Waals surface area contributed by atoms with Crippen molar-refractivity contribution in [2.45, 2.75) is 0 Å². The first-order chi connectivity index (χ1) is 12.5. The van der Waals surface area contributed by atoms with Crippen molar-refractivity contribution in [2.75, 3.05) is 11.9 Å². The van der Waals surface area contributed by atoms with E-state index in [0.29, 0.717) is 16.4 Å². The number of aromatic nitrogens is 1. The Hall–Kier alpha value is -3.33. The Morgan fingerprint density at radius 3 is 2.85 bits per heavy atom. The molecule has 26 heavy (non-hydrogen) atoms. The van der Waals surface area contributed by atoms with Gasteiger partial charge in [0.15, 0.2) is 23.3 Å². The van der Waals surface area contributed by atoms with Gasteiger partial charge in [0.05, 0.1) is 10.6 Å². The fraction of sp³-hybridized carbons (Fsp3) is 0.0588. The highest BCUT2D eigenvalue weighted by Gasteiger charge is 2.12. The summed E-state index contributed by atoms with van der Waals surface area (Å²) in [6, 6.07) is 11.8. The van der Waals surface area contributed by atoms with Crippen molar-refractivity contribution < 1.29 is 18.8 Å². The average molecular weight is 373 g/mol. The number of nitro benzene ring substituents is 1. The number of nitrogens with zero attached hydrogens (tertiary/aromatic N) is 2. The van der Waals surface area contributed by atoms with Crippen molar-refractivity contribution in [3.8, 4) is 17.0 Å². The Morgan fingerprint density at radius 2 is 2.08 bits per heavy atom. The van der Waals surface area contributed by atoms with Gasteiger partial charge in [-0.2, -0.15) is 0 Å². The molecule has 3 aromatic rings. The number of nitrogens with one attached hydrogen (secondary N) is 1. The third-order valence-corrected chi connectivity index (χ3v) is 4.06. The van der Waals surface area contributed by atoms with Gasteiger partial charge in [0.2, 0.25) is 0 Å². The van der Waals surface area contributed by atoms with Crippen LogP contribution in [0.1, 0.15) is 0 Å². The molecule has 0 saturated carbocycles. The van der Waals surface area contributed by atoms with Gasteiger partial charge in [0, 0.05) is 23.1 Å². The minimum atomic E-state index is -0.553. The quantitative estimate of drug-likeness (QED) is 0.523. The lowest BCUT2D eigenvalue weighted by Gasteiger charge is -2.06. The van der Waals surface area contributed by atoms with Crippen LogP contribution in [-0.4, -0.2) is 22.4 Å². The summed E-state index contributed by atoms with van der Waals surface area (Å²) in [5, 5.41) is 15.4. The fourth-order valence-corrected chi connectivity index (χ4v) is 2.84. The summed E-state index contributed by atoms with van der Waals surface area (Å²) >= 11 is 1.17. The van der Waals surface area contributed by atoms with Gasteiger partial charge in [0.1, 0.15) is 0 Å². The smallest absolute Gasteiger partial charge is 0.270 e. The number of thiazole rings is 1. The molecule has 0 aliphatic heterocycles. The molecule has 0 unspecified atom stereocenters. The van der Waals surface area contributed by atoms with Gasteiger partial charge < -0.3 is 4.74 Å². The number of carbonyl (C=O) groups is 1. The fourth-order valence-electron chi connectivity index (χ4n) is 2.10. The standard InChI is InChI=1S/C17H12FN3O4S/c18-13-6-1-2-7-15(13)25-9-16(22)20-17-19-14(10-26-17)11-4-3-5-12(8-11)21(23)24/h1-8,10H,9H2,(H,19,20,22). The Morgan fingerprint density at radius 1 is 1.27 bits per heavy atom. The van der Waals surface area contributed by atoms with Gasteiger partial charge in [-0.25, -0.2) is 9.37 Å². The third-order valence-electron chi connectivity index (χ3n) is 3.30. The van der Waals surface area contributed by atoms with Gasteiger partial charge in [0.25, 0.3) is 11.6 Å². The van der Waals surface area contributed by atoms with Crippen LogP contribution in [0.5, 0.6) is 5.75 Å². The topological polar surface area (TPSA) is 94.4 Å². The highest BCUT2D eigenvalue weighted by molar-refractivity contribution is 7.14. The van der Waals surface area contributed by atoms with Crippen molar-refractivity contribution in [2.24, 2.45) is 0 Å². The Labute approximate surface area is 151 Å². The molecule has 9 heteroatoms. The summed E-state index contributed by atoms with van der Waals surface area (Å²) < 4.78 is 18.6. The Kier molecular flexibility index (Phi) is 5.18. The maximum atomic E-state index is 13.4. The molecule has 1 aromatic heterocycles. The van der Waals surface area contributed by atoms with E-state index in [1.165, 1.54) is 41.7 Å². The number of ether oxygens (including phenoxy) is 1. The molecule has 7 nitrogen and oxygen atoms in total. The van der Waals surface area contributed by atoms with E-state index in [1.807, 2.05) is 0 Å². The summed E-state index contributed by atoms with van der Waals surface area (Å²) in [7, 11) is 0. The number of anilines is 1. The van der Waals surface area contributed by atoms with Crippen LogP contribution in [0.2, 0.25) is 0 Å². The zero-order chi connectivity index (χ0) is 18.5. The maximum absolute atomic E-state index is 13.4. The summed E-state index contributed by atoms with van der Waals surface area (Å²) in [4.78, 5) is 26.5. The van der Waals surface area contributed by atoms with Crippen LogP contribution in [0.3, 0.4) is 0 Å². The number of benzene rings is 2. The molecule has 0 aliphatic carbocycles. The number of carbonyl (C=O) groups excluding carboxylic acids is 1. The van der Waals surface area contributed by atoms with E-state index in [0.717, 1.165) is 0 Å². The first-order valence-corrected chi connectivity index (χ1v) is 8.28. The lowest BCUT2D eigenvalue weighted by molar-refractivity contribution is -0.384. The van der Waals surface area contributed by atoms with Crippen molar-refractivity contribution in [1.82, 2.24) is 4.98 Å². The van der Waals surface area contributed by atoms with Gasteiger partial charge in [-0.15, -0.1) is 11.3 Å². The van der Waals surface area contributed by atoms with Crippen LogP contribution in [0.4, 0.5) is 15.2 Å². The summed E-state index contributed by atoms with van der Waals surface area (Å²) in [6.45, 7) is -0.368. The predicted octanol–water partition coefficient (Wildman–Crippen LogP) is 3.87. The summed E-state index contributed by atoms with van der Waals surface area (Å²) in [6.07, 6.45) is 0. The predicted molar refractivity (Wildman–Crippen MR) is 94.7 cm³/mol. The Bertz CT molecular complexity index is 960. The summed E-state index contributed by atoms with van der Waals surface area (Å²) in [5.74, 6) is -1.06. The second-order valence-corrected chi connectivity index (χ2v) is 5.97. The van der Waals surface area contributed by atoms with Gasteiger partial charge >= 0.3 is 0 Å². The molecule has 0 saturated heterocycles. The maximum Gasteiger partial charge on any atom is 0.270 e. The number of hydrogen-bond acceptors (Lipinski definition) is 6. The van der Waals surface area contributed by atoms with Gasteiger partial charge in [-0.05, 0) is 12.1 Å². The second-order valence-electron chi connectivity index (χ2n) is 5.11. The lowest BCUT2D eigenvalue weighted by atomic mass is 10.1. The molecular formula is C17H12FN3O4S. The van der Waals surface area contributed by atoms with Crippen molar-refractivity contribution in [1.29, 1.82) is 0 Å². The molecule has 2 aromatic carbocycles. The molecule has 0 fully saturated rings. The second kappa shape index (κ2) is 7.70. The van der Waals surface area contributed by atoms with E-state index in [9.17, 15) is 19.3 Å². The van der Waals surface area contributed by atoms with Crippen LogP contribution in [-0.2, 0) is 4.79 Å². The van der Waals surface area contributed by atoms with Crippen LogP contribution >= 0.6 is 11.3 Å². The number of non-ortho nitro benzene ring substituents is 1. The van der Waals surface area contributed by atoms with Crippen molar-refractivity contribution in [3.05, 3.63) is 69.8 Å². The highest BCUT2D eigenvalue weighted by atomic mass is 32.1. The molecule has 0 spiro atoms. The number of hydrogen-bond donors (Lipinski definition) is 1. The SMILES string of the molecule is O=C(COc1ccccc1F)Nc1nc(-c2cccc([N+](=O)[O-])c2)cs1. The van der Waals surface area contributed by atoms with E-state index in [4.69, 9.17) is 4.74 Å². The lowest BCUT2D eigenvalue weighted by Crippen LogP contribution is -2.20. The van der Waals surface area contributed by atoms with Crippen LogP contribution in [0, 0.1) is 15.9 Å². The molecule has 3 rings (SSSR count). The molecule has 1 heterocycles. The first-order valence-electron chi connectivity index (χ1n) is 7.40. The molecule has 132 valence electrons. The van der Waals surface area contributed by atoms with Crippen LogP contribution in [0.15, 0.2) is 53.9 Å². The molecule has 0 bridgehead atoms. The number of nitro groups is 1. The monoisotopic (exact) mass is 373 g/mol. The van der Waals surface area contributed by atoms with E-state index >= 15 is 0 Å². The third kappa shape index (κ3) is 4.19. The molecule has 0 atom stereocenters. The minimum absolute atomic E-state index is 0.0147. The van der Waals surface area contributed by atoms with E-state index in [2.05, 4.69) is 10.3 Å². The number of para-hydroxylation sites is 1. The van der Waals surface area contributed by atoms with E-state index in [-0.39, 0.29) is 18.0 Å². The largest absolute Gasteiger partial charge is 0.481 e. The number of amides is 1. The Balaban J connectivity index is 1.63. The first kappa shape index (κ1) is 17.5. The molecular weight excluding hydrogens is 361 g/mol. The highest BCUT2D eigenvalue weighted by Crippen LogP contribution is 2.27. The zero-order valence-electron chi connectivity index (χ0n) is 13.2. The van der Waals surface area contributed by atoms with Crippen molar-refractivity contribution in [3.63, 3.8) is 0 Å². The minimum Gasteiger partial charge on any atom is -0.481 e. The molecule has 0 aliphatic rings. The zero-order valence-corrected chi connectivity index (χ0v) is 14.0. The normalized spacial score (nSPS) is 10.3. The molecule has 1 N–H and O–H groups in total. The van der Waals surface area contributed by atoms with Crippen LogP contribution < -0.4 is 10.1 Å². The molecule has 0 radical (unpaired) electrons. The number of halogens is 1. The van der Waals surface area contributed by atoms with Crippen molar-refractivity contribution >= 4 is 28.1 Å². The molecule has 1 amide bonds. The van der Waals surface area contributed by atoms with Crippen LogP contribution in [0.25, 0.3) is 11.3 Å². The van der Waals surface area contributed by atoms with E-state index in [1.54, 1.807) is 23.6 Å². The van der Waals surface area contributed by atoms with E-state index < -0.39 is 16.6 Å². The average Bonchev–Trinajstić information content (AvgIpc) is 3.09.